The van der Waals surface area contributed by atoms with Crippen LogP contribution in [0.1, 0.15) is 44.1 Å². The van der Waals surface area contributed by atoms with Gasteiger partial charge in [0.15, 0.2) is 0 Å². The minimum atomic E-state index is -0.423. The number of amides is 3. The van der Waals surface area contributed by atoms with Crippen LogP contribution in [0.15, 0.2) is 29.8 Å². The first-order valence-corrected chi connectivity index (χ1v) is 9.84. The van der Waals surface area contributed by atoms with Crippen LogP contribution >= 0.6 is 0 Å². The second-order valence-electron chi connectivity index (χ2n) is 7.16. The maximum atomic E-state index is 12.3. The molecule has 0 unspecified atom stereocenters. The summed E-state index contributed by atoms with van der Waals surface area (Å²) in [5.74, 6) is 0.466. The average molecular weight is 371 g/mol. The fraction of sp³-hybridized carbons (Fsp3) is 0.524. The molecule has 146 valence electrons. The predicted molar refractivity (Wildman–Crippen MR) is 106 cm³/mol. The van der Waals surface area contributed by atoms with Gasteiger partial charge >= 0.3 is 6.03 Å². The van der Waals surface area contributed by atoms with Gasteiger partial charge in [0.1, 0.15) is 5.75 Å². The van der Waals surface area contributed by atoms with Gasteiger partial charge in [-0.2, -0.15) is 0 Å². The summed E-state index contributed by atoms with van der Waals surface area (Å²) in [5, 5.41) is 5.23. The van der Waals surface area contributed by atoms with E-state index in [4.69, 9.17) is 4.74 Å². The van der Waals surface area contributed by atoms with E-state index < -0.39 is 6.03 Å². The Hall–Kier alpha value is -2.50. The molecule has 2 aliphatic rings. The number of nitrogens with one attached hydrogen (secondary N) is 2. The lowest BCUT2D eigenvalue weighted by atomic mass is 9.97. The summed E-state index contributed by atoms with van der Waals surface area (Å²) in [6.07, 6.45) is 9.84. The van der Waals surface area contributed by atoms with E-state index in [9.17, 15) is 9.59 Å². The molecule has 1 aliphatic heterocycles. The van der Waals surface area contributed by atoms with Gasteiger partial charge in [-0.1, -0.05) is 23.8 Å². The number of imide groups is 1. The van der Waals surface area contributed by atoms with E-state index >= 15 is 0 Å². The van der Waals surface area contributed by atoms with Gasteiger partial charge in [0.2, 0.25) is 5.91 Å². The number of para-hydroxylation sites is 1. The van der Waals surface area contributed by atoms with Crippen molar-refractivity contribution < 1.29 is 14.3 Å². The summed E-state index contributed by atoms with van der Waals surface area (Å²) in [6, 6.07) is 5.51. The highest BCUT2D eigenvalue weighted by molar-refractivity contribution is 5.96. The largest absolute Gasteiger partial charge is 0.495 e. The molecule has 1 aliphatic carbocycles. The number of carbonyl (C=O) groups excluding carboxylic acids is 2. The molecule has 1 aromatic carbocycles. The lowest BCUT2D eigenvalue weighted by Crippen LogP contribution is -2.46. The molecular weight excluding hydrogens is 342 g/mol. The monoisotopic (exact) mass is 371 g/mol. The zero-order valence-electron chi connectivity index (χ0n) is 16.1. The SMILES string of the molecule is COc1cccc2c1N(CC(=O)NC(=O)NCCC1=CCCCC1)CCC2. The van der Waals surface area contributed by atoms with Crippen molar-refractivity contribution in [2.75, 3.05) is 31.6 Å². The first-order valence-electron chi connectivity index (χ1n) is 9.84. The number of carbonyl (C=O) groups is 2. The highest BCUT2D eigenvalue weighted by atomic mass is 16.5. The van der Waals surface area contributed by atoms with Crippen LogP contribution in [-0.4, -0.2) is 38.7 Å². The van der Waals surface area contributed by atoms with Crippen molar-refractivity contribution in [1.82, 2.24) is 10.6 Å². The third-order valence-corrected chi connectivity index (χ3v) is 5.20. The standard InChI is InChI=1S/C21H29N3O3/c1-27-18-11-5-9-17-10-6-14-24(20(17)18)15-19(25)23-21(26)22-13-12-16-7-3-2-4-8-16/h5,7,9,11H,2-4,6,8,10,12-15H2,1H3,(H2,22,23,25,26). The summed E-state index contributed by atoms with van der Waals surface area (Å²) in [5.41, 5.74) is 3.55. The molecule has 27 heavy (non-hydrogen) atoms. The van der Waals surface area contributed by atoms with Crippen LogP contribution in [0, 0.1) is 0 Å². The number of ether oxygens (including phenoxy) is 1. The number of anilines is 1. The number of allylic oxidation sites excluding steroid dienone is 1. The van der Waals surface area contributed by atoms with Crippen LogP contribution in [0.3, 0.4) is 0 Å². The predicted octanol–water partition coefficient (Wildman–Crippen LogP) is 3.16. The van der Waals surface area contributed by atoms with E-state index in [1.54, 1.807) is 7.11 Å². The molecule has 1 aromatic rings. The van der Waals surface area contributed by atoms with Crippen LogP contribution in [0.2, 0.25) is 0 Å². The maximum absolute atomic E-state index is 12.3. The number of fused-ring (bicyclic) bond motifs is 1. The molecule has 6 heteroatoms. The van der Waals surface area contributed by atoms with Crippen LogP contribution in [0.5, 0.6) is 5.75 Å². The second-order valence-corrected chi connectivity index (χ2v) is 7.16. The fourth-order valence-corrected chi connectivity index (χ4v) is 3.88. The maximum Gasteiger partial charge on any atom is 0.321 e. The van der Waals surface area contributed by atoms with Crippen LogP contribution < -0.4 is 20.3 Å². The average Bonchev–Trinajstić information content (AvgIpc) is 2.68. The van der Waals surface area contributed by atoms with Gasteiger partial charge < -0.3 is 15.0 Å². The second kappa shape index (κ2) is 9.44. The Bertz CT molecular complexity index is 700. The number of hydrogen-bond acceptors (Lipinski definition) is 4. The summed E-state index contributed by atoms with van der Waals surface area (Å²) in [6.45, 7) is 1.48. The normalized spacial score (nSPS) is 16.2. The van der Waals surface area contributed by atoms with Gasteiger partial charge in [-0.05, 0) is 56.6 Å². The third kappa shape index (κ3) is 5.25. The number of aryl methyl sites for hydroxylation is 1. The number of methoxy groups -OCH3 is 1. The van der Waals surface area contributed by atoms with Gasteiger partial charge in [0.25, 0.3) is 0 Å². The molecule has 0 bridgehead atoms. The molecule has 0 spiro atoms. The lowest BCUT2D eigenvalue weighted by Gasteiger charge is -2.31. The zero-order chi connectivity index (χ0) is 19.1. The number of hydrogen-bond donors (Lipinski definition) is 2. The molecule has 2 N–H and O–H groups in total. The molecule has 6 nitrogen and oxygen atoms in total. The number of benzene rings is 1. The number of nitrogens with zero attached hydrogens (tertiary/aromatic N) is 1. The summed E-state index contributed by atoms with van der Waals surface area (Å²) in [4.78, 5) is 26.3. The van der Waals surface area contributed by atoms with Crippen molar-refractivity contribution >= 4 is 17.6 Å². The Labute approximate surface area is 161 Å². The number of rotatable bonds is 6. The first-order chi connectivity index (χ1) is 13.2. The Morgan fingerprint density at radius 2 is 2.07 bits per heavy atom. The zero-order valence-corrected chi connectivity index (χ0v) is 16.1. The van der Waals surface area contributed by atoms with E-state index in [2.05, 4.69) is 22.8 Å². The summed E-state index contributed by atoms with van der Waals surface area (Å²) in [7, 11) is 1.64. The van der Waals surface area contributed by atoms with E-state index in [0.29, 0.717) is 6.54 Å². The molecule has 0 aromatic heterocycles. The minimum absolute atomic E-state index is 0.145. The van der Waals surface area contributed by atoms with Crippen LogP contribution in [0.25, 0.3) is 0 Å². The van der Waals surface area contributed by atoms with Crippen molar-refractivity contribution in [3.8, 4) is 5.75 Å². The first kappa shape index (κ1) is 19.3. The summed E-state index contributed by atoms with van der Waals surface area (Å²) < 4.78 is 5.46. The van der Waals surface area contributed by atoms with E-state index in [1.807, 2.05) is 17.0 Å². The van der Waals surface area contributed by atoms with Gasteiger partial charge in [0, 0.05) is 13.1 Å². The van der Waals surface area contributed by atoms with Crippen molar-refractivity contribution in [2.24, 2.45) is 0 Å². The molecule has 0 fully saturated rings. The van der Waals surface area contributed by atoms with Crippen molar-refractivity contribution in [3.05, 3.63) is 35.4 Å². The molecule has 0 saturated carbocycles. The van der Waals surface area contributed by atoms with E-state index in [0.717, 1.165) is 50.1 Å². The van der Waals surface area contributed by atoms with E-state index in [1.165, 1.54) is 24.0 Å². The van der Waals surface area contributed by atoms with E-state index in [-0.39, 0.29) is 12.5 Å². The van der Waals surface area contributed by atoms with Crippen LogP contribution in [0.4, 0.5) is 10.5 Å². The Kier molecular flexibility index (Phi) is 6.74. The van der Waals surface area contributed by atoms with Gasteiger partial charge in [-0.15, -0.1) is 0 Å². The minimum Gasteiger partial charge on any atom is -0.495 e. The van der Waals surface area contributed by atoms with Crippen molar-refractivity contribution in [1.29, 1.82) is 0 Å². The third-order valence-electron chi connectivity index (χ3n) is 5.20. The number of urea groups is 1. The Morgan fingerprint density at radius 1 is 1.19 bits per heavy atom. The molecule has 3 amide bonds. The summed E-state index contributed by atoms with van der Waals surface area (Å²) >= 11 is 0. The molecule has 1 heterocycles. The smallest absolute Gasteiger partial charge is 0.321 e. The fourth-order valence-electron chi connectivity index (χ4n) is 3.88. The van der Waals surface area contributed by atoms with Gasteiger partial charge in [-0.3, -0.25) is 10.1 Å². The quantitative estimate of drug-likeness (QED) is 0.754. The molecule has 3 rings (SSSR count). The van der Waals surface area contributed by atoms with Crippen molar-refractivity contribution in [3.63, 3.8) is 0 Å². The van der Waals surface area contributed by atoms with Gasteiger partial charge in [0.05, 0.1) is 19.3 Å². The molecule has 0 saturated heterocycles. The molecular formula is C21H29N3O3. The Morgan fingerprint density at radius 3 is 2.85 bits per heavy atom. The molecule has 0 atom stereocenters. The van der Waals surface area contributed by atoms with Crippen molar-refractivity contribution in [2.45, 2.75) is 44.9 Å². The molecule has 0 radical (unpaired) electrons. The highest BCUT2D eigenvalue weighted by Gasteiger charge is 2.23. The lowest BCUT2D eigenvalue weighted by molar-refractivity contribution is -0.118. The topological polar surface area (TPSA) is 70.7 Å². The van der Waals surface area contributed by atoms with Crippen LogP contribution in [-0.2, 0) is 11.2 Å². The highest BCUT2D eigenvalue weighted by Crippen LogP contribution is 2.35. The Balaban J connectivity index is 1.48. The van der Waals surface area contributed by atoms with Gasteiger partial charge in [-0.25, -0.2) is 4.79 Å².